The lowest BCUT2D eigenvalue weighted by Gasteiger charge is -2.24. The van der Waals surface area contributed by atoms with Gasteiger partial charge in [0, 0.05) is 31.1 Å². The molecule has 2 amide bonds. The molecule has 1 saturated heterocycles. The zero-order valence-corrected chi connectivity index (χ0v) is 20.1. The Balaban J connectivity index is 1.84. The maximum absolute atomic E-state index is 13.2. The van der Waals surface area contributed by atoms with Gasteiger partial charge >= 0.3 is 0 Å². The third-order valence-electron chi connectivity index (χ3n) is 5.16. The van der Waals surface area contributed by atoms with Gasteiger partial charge in [-0.3, -0.25) is 9.59 Å². The summed E-state index contributed by atoms with van der Waals surface area (Å²) in [6.07, 6.45) is 0. The minimum atomic E-state index is -3.82. The molecule has 10 heteroatoms. The molecule has 0 radical (unpaired) electrons. The molecule has 2 aromatic rings. The number of rotatable bonds is 5. The van der Waals surface area contributed by atoms with Crippen molar-refractivity contribution in [1.82, 2.24) is 9.21 Å². The molecule has 7 nitrogen and oxygen atoms in total. The summed E-state index contributed by atoms with van der Waals surface area (Å²) in [7, 11) is -1.03. The van der Waals surface area contributed by atoms with Crippen LogP contribution in [-0.2, 0) is 14.8 Å². The molecule has 0 spiro atoms. The maximum atomic E-state index is 13.2. The van der Waals surface area contributed by atoms with Gasteiger partial charge < -0.3 is 10.2 Å². The predicted molar refractivity (Wildman–Crippen MR) is 124 cm³/mol. The van der Waals surface area contributed by atoms with Crippen molar-refractivity contribution in [1.29, 1.82) is 0 Å². The summed E-state index contributed by atoms with van der Waals surface area (Å²) in [6, 6.07) is 9.10. The van der Waals surface area contributed by atoms with E-state index in [0.717, 1.165) is 15.4 Å². The minimum Gasteiger partial charge on any atom is -0.324 e. The highest BCUT2D eigenvalue weighted by atomic mass is 35.5. The van der Waals surface area contributed by atoms with E-state index in [4.69, 9.17) is 11.6 Å². The number of benzene rings is 2. The van der Waals surface area contributed by atoms with Gasteiger partial charge in [-0.2, -0.15) is 0 Å². The number of hydrogen-bond donors (Lipinski definition) is 1. The Morgan fingerprint density at radius 2 is 1.84 bits per heavy atom. The average molecular weight is 482 g/mol. The van der Waals surface area contributed by atoms with Crippen LogP contribution in [0, 0.1) is 13.8 Å². The van der Waals surface area contributed by atoms with Crippen molar-refractivity contribution in [3.05, 3.63) is 58.1 Å². The summed E-state index contributed by atoms with van der Waals surface area (Å²) in [5.74, 6) is 0.0926. The lowest BCUT2D eigenvalue weighted by Crippen LogP contribution is -2.44. The third kappa shape index (κ3) is 4.90. The van der Waals surface area contributed by atoms with Gasteiger partial charge in [-0.15, -0.1) is 11.8 Å². The monoisotopic (exact) mass is 481 g/mol. The van der Waals surface area contributed by atoms with E-state index in [1.807, 2.05) is 32.0 Å². The van der Waals surface area contributed by atoms with E-state index in [2.05, 4.69) is 5.32 Å². The lowest BCUT2D eigenvalue weighted by atomic mass is 10.1. The van der Waals surface area contributed by atoms with Crippen LogP contribution < -0.4 is 5.32 Å². The number of thioether (sulfide) groups is 1. The van der Waals surface area contributed by atoms with E-state index in [9.17, 15) is 18.0 Å². The van der Waals surface area contributed by atoms with Crippen LogP contribution in [0.2, 0.25) is 5.02 Å². The predicted octanol–water partition coefficient (Wildman–Crippen LogP) is 3.36. The molecule has 0 bridgehead atoms. The van der Waals surface area contributed by atoms with Crippen molar-refractivity contribution >= 4 is 50.9 Å². The van der Waals surface area contributed by atoms with E-state index in [0.29, 0.717) is 17.3 Å². The molecule has 1 aliphatic rings. The van der Waals surface area contributed by atoms with Gasteiger partial charge in [0.15, 0.2) is 0 Å². The molecule has 1 N–H and O–H groups in total. The molecular weight excluding hydrogens is 458 g/mol. The second-order valence-corrected chi connectivity index (χ2v) is 11.0. The summed E-state index contributed by atoms with van der Waals surface area (Å²) >= 11 is 7.55. The first-order valence-corrected chi connectivity index (χ1v) is 12.5. The number of carbonyl (C=O) groups is 2. The van der Waals surface area contributed by atoms with Crippen LogP contribution in [0.1, 0.15) is 21.5 Å². The molecule has 2 aromatic carbocycles. The van der Waals surface area contributed by atoms with Crippen LogP contribution >= 0.6 is 23.4 Å². The Hall–Kier alpha value is -2.07. The molecule has 1 fully saturated rings. The smallest absolute Gasteiger partial charge is 0.255 e. The number of carbonyl (C=O) groups excluding carboxylic acids is 2. The Morgan fingerprint density at radius 1 is 1.13 bits per heavy atom. The van der Waals surface area contributed by atoms with Crippen LogP contribution in [0.3, 0.4) is 0 Å². The lowest BCUT2D eigenvalue weighted by molar-refractivity contribution is -0.119. The summed E-state index contributed by atoms with van der Waals surface area (Å²) in [6.45, 7) is 3.96. The fourth-order valence-electron chi connectivity index (χ4n) is 3.10. The van der Waals surface area contributed by atoms with Crippen molar-refractivity contribution in [2.24, 2.45) is 0 Å². The van der Waals surface area contributed by atoms with Crippen LogP contribution in [0.25, 0.3) is 0 Å². The van der Waals surface area contributed by atoms with Gasteiger partial charge in [0.1, 0.15) is 10.9 Å². The summed E-state index contributed by atoms with van der Waals surface area (Å²) in [5.41, 5.74) is 3.01. The SMILES string of the molecule is Cc1ccc(NC(=O)C2CSCN2C(=O)c2ccc(Cl)c(S(=O)(=O)N(C)C)c2)cc1C. The van der Waals surface area contributed by atoms with E-state index >= 15 is 0 Å². The van der Waals surface area contributed by atoms with Crippen molar-refractivity contribution < 1.29 is 18.0 Å². The number of nitrogens with zero attached hydrogens (tertiary/aromatic N) is 2. The Morgan fingerprint density at radius 3 is 2.48 bits per heavy atom. The van der Waals surface area contributed by atoms with Crippen molar-refractivity contribution in [3.8, 4) is 0 Å². The molecule has 1 heterocycles. The first-order chi connectivity index (χ1) is 14.5. The number of halogens is 1. The number of nitrogens with one attached hydrogen (secondary N) is 1. The van der Waals surface area contributed by atoms with Gasteiger partial charge in [0.25, 0.3) is 5.91 Å². The van der Waals surface area contributed by atoms with E-state index < -0.39 is 22.0 Å². The van der Waals surface area contributed by atoms with Crippen LogP contribution in [0.4, 0.5) is 5.69 Å². The number of anilines is 1. The van der Waals surface area contributed by atoms with Gasteiger partial charge in [0.05, 0.1) is 10.9 Å². The highest BCUT2D eigenvalue weighted by Crippen LogP contribution is 2.28. The second-order valence-electron chi connectivity index (χ2n) is 7.51. The molecule has 1 atom stereocenters. The van der Waals surface area contributed by atoms with Gasteiger partial charge in [-0.25, -0.2) is 12.7 Å². The van der Waals surface area contributed by atoms with E-state index in [1.54, 1.807) is 0 Å². The molecule has 1 unspecified atom stereocenters. The first-order valence-electron chi connectivity index (χ1n) is 9.51. The highest BCUT2D eigenvalue weighted by molar-refractivity contribution is 7.99. The number of aryl methyl sites for hydroxylation is 2. The van der Waals surface area contributed by atoms with Gasteiger partial charge in [0.2, 0.25) is 15.9 Å². The number of hydrogen-bond acceptors (Lipinski definition) is 5. The van der Waals surface area contributed by atoms with Gasteiger partial charge in [-0.1, -0.05) is 17.7 Å². The minimum absolute atomic E-state index is 0.0325. The zero-order valence-electron chi connectivity index (χ0n) is 17.7. The third-order valence-corrected chi connectivity index (χ3v) is 8.47. The van der Waals surface area contributed by atoms with Crippen molar-refractivity contribution in [2.45, 2.75) is 24.8 Å². The number of sulfonamides is 1. The maximum Gasteiger partial charge on any atom is 0.255 e. The fourth-order valence-corrected chi connectivity index (χ4v) is 5.65. The number of amides is 2. The van der Waals surface area contributed by atoms with Crippen LogP contribution in [-0.4, -0.2) is 61.2 Å². The summed E-state index contributed by atoms with van der Waals surface area (Å²) < 4.78 is 26.1. The van der Waals surface area contributed by atoms with Crippen molar-refractivity contribution in [2.75, 3.05) is 31.0 Å². The average Bonchev–Trinajstić information content (AvgIpc) is 3.20. The Labute approximate surface area is 191 Å². The summed E-state index contributed by atoms with van der Waals surface area (Å²) in [4.78, 5) is 27.3. The molecule has 3 rings (SSSR count). The molecule has 31 heavy (non-hydrogen) atoms. The Bertz CT molecular complexity index is 1140. The largest absolute Gasteiger partial charge is 0.324 e. The van der Waals surface area contributed by atoms with Crippen LogP contribution in [0.15, 0.2) is 41.3 Å². The molecule has 166 valence electrons. The molecule has 1 aliphatic heterocycles. The normalized spacial score (nSPS) is 16.6. The zero-order chi connectivity index (χ0) is 22.9. The highest BCUT2D eigenvalue weighted by Gasteiger charge is 2.36. The fraction of sp³-hybridized carbons (Fsp3) is 0.333. The van der Waals surface area contributed by atoms with Crippen LogP contribution in [0.5, 0.6) is 0 Å². The van der Waals surface area contributed by atoms with Crippen molar-refractivity contribution in [3.63, 3.8) is 0 Å². The van der Waals surface area contributed by atoms with Gasteiger partial charge in [-0.05, 0) is 55.3 Å². The standard InChI is InChI=1S/C21H24ClN3O4S2/c1-13-5-7-16(9-14(13)2)23-20(26)18-11-30-12-25(18)21(27)15-6-8-17(22)19(10-15)31(28,29)24(3)4/h5-10,18H,11-12H2,1-4H3,(H,23,26). The quantitative estimate of drug-likeness (QED) is 0.707. The summed E-state index contributed by atoms with van der Waals surface area (Å²) in [5, 5.41) is 2.91. The van der Waals surface area contributed by atoms with E-state index in [1.165, 1.54) is 49.0 Å². The Kier molecular flexibility index (Phi) is 7.00. The second kappa shape index (κ2) is 9.20. The molecule has 0 saturated carbocycles. The van der Waals surface area contributed by atoms with E-state index in [-0.39, 0.29) is 21.4 Å². The molecule has 0 aliphatic carbocycles. The molecule has 0 aromatic heterocycles. The molecular formula is C21H24ClN3O4S2. The first kappa shape index (κ1) is 23.6. The topological polar surface area (TPSA) is 86.8 Å².